The van der Waals surface area contributed by atoms with Crippen molar-refractivity contribution in [1.82, 2.24) is 0 Å². The van der Waals surface area contributed by atoms with Crippen LogP contribution in [-0.2, 0) is 6.42 Å². The Hall–Kier alpha value is -1.42. The summed E-state index contributed by atoms with van der Waals surface area (Å²) in [6.45, 7) is 0. The topological polar surface area (TPSA) is 12.0 Å². The van der Waals surface area contributed by atoms with Crippen LogP contribution in [0.1, 0.15) is 23.6 Å². The second kappa shape index (κ2) is 4.93. The first-order valence-electron chi connectivity index (χ1n) is 6.13. The lowest BCUT2D eigenvalue weighted by molar-refractivity contribution is 0.621. The molecule has 1 aliphatic carbocycles. The number of rotatable bonds is 2. The molecule has 1 unspecified atom stereocenters. The molecule has 0 aromatic heterocycles. The highest BCUT2D eigenvalue weighted by Crippen LogP contribution is 2.34. The molecule has 98 valence electrons. The fourth-order valence-corrected chi connectivity index (χ4v) is 2.77. The van der Waals surface area contributed by atoms with E-state index in [1.54, 1.807) is 12.1 Å². The predicted octanol–water partition coefficient (Wildman–Crippen LogP) is 4.83. The quantitative estimate of drug-likeness (QED) is 0.834. The summed E-state index contributed by atoms with van der Waals surface area (Å²) in [5.74, 6) is -0.489. The monoisotopic (exact) mass is 323 g/mol. The summed E-state index contributed by atoms with van der Waals surface area (Å²) in [7, 11) is 0. The molecule has 1 N–H and O–H groups in total. The minimum absolute atomic E-state index is 0.121. The second-order valence-electron chi connectivity index (χ2n) is 4.71. The highest BCUT2D eigenvalue weighted by Gasteiger charge is 2.22. The Morgan fingerprint density at radius 3 is 2.74 bits per heavy atom. The number of halogens is 3. The lowest BCUT2D eigenvalue weighted by Crippen LogP contribution is -2.07. The molecule has 0 heterocycles. The van der Waals surface area contributed by atoms with E-state index < -0.39 is 0 Å². The van der Waals surface area contributed by atoms with Crippen LogP contribution in [-0.4, -0.2) is 0 Å². The Morgan fingerprint density at radius 1 is 1.11 bits per heavy atom. The molecule has 3 rings (SSSR count). The summed E-state index contributed by atoms with van der Waals surface area (Å²) in [6, 6.07) is 9.96. The maximum atomic E-state index is 13.5. The zero-order valence-electron chi connectivity index (χ0n) is 10.1. The van der Waals surface area contributed by atoms with Gasteiger partial charge in [-0.1, -0.05) is 6.07 Å². The van der Waals surface area contributed by atoms with Gasteiger partial charge in [-0.15, -0.1) is 0 Å². The van der Waals surface area contributed by atoms with Crippen LogP contribution >= 0.6 is 15.9 Å². The van der Waals surface area contributed by atoms with Crippen LogP contribution in [0.15, 0.2) is 40.9 Å². The predicted molar refractivity (Wildman–Crippen MR) is 75.2 cm³/mol. The standard InChI is InChI=1S/C15H12BrF2N/c16-13-5-3-11(8-14(13)18)19-15-6-1-9-7-10(17)2-4-12(9)15/h2-5,7-8,15,19H,1,6H2. The van der Waals surface area contributed by atoms with E-state index in [9.17, 15) is 8.78 Å². The first-order chi connectivity index (χ1) is 9.13. The molecule has 0 radical (unpaired) electrons. The van der Waals surface area contributed by atoms with Gasteiger partial charge < -0.3 is 5.32 Å². The normalized spacial score (nSPS) is 17.3. The van der Waals surface area contributed by atoms with Crippen LogP contribution in [0.5, 0.6) is 0 Å². The fraction of sp³-hybridized carbons (Fsp3) is 0.200. The maximum Gasteiger partial charge on any atom is 0.139 e. The molecule has 1 atom stereocenters. The lowest BCUT2D eigenvalue weighted by Gasteiger charge is -2.15. The van der Waals surface area contributed by atoms with Gasteiger partial charge in [0.1, 0.15) is 11.6 Å². The van der Waals surface area contributed by atoms with Gasteiger partial charge in [-0.3, -0.25) is 0 Å². The SMILES string of the molecule is Fc1ccc2c(c1)CCC2Nc1ccc(Br)c(F)c1. The third kappa shape index (κ3) is 2.50. The molecule has 2 aromatic carbocycles. The molecule has 1 nitrogen and oxygen atoms in total. The van der Waals surface area contributed by atoms with Crippen molar-refractivity contribution in [1.29, 1.82) is 0 Å². The summed E-state index contributed by atoms with van der Waals surface area (Å²) < 4.78 is 27.1. The van der Waals surface area contributed by atoms with E-state index in [1.165, 1.54) is 12.1 Å². The minimum atomic E-state index is -0.290. The van der Waals surface area contributed by atoms with Crippen LogP contribution in [0.25, 0.3) is 0 Å². The Labute approximate surface area is 118 Å². The number of fused-ring (bicyclic) bond motifs is 1. The summed E-state index contributed by atoms with van der Waals surface area (Å²) in [6.07, 6.45) is 1.75. The average molecular weight is 324 g/mol. The summed E-state index contributed by atoms with van der Waals surface area (Å²) in [4.78, 5) is 0. The molecule has 0 bridgehead atoms. The largest absolute Gasteiger partial charge is 0.378 e. The van der Waals surface area contributed by atoms with Gasteiger partial charge in [-0.2, -0.15) is 0 Å². The second-order valence-corrected chi connectivity index (χ2v) is 5.56. The molecule has 0 fully saturated rings. The number of anilines is 1. The molecule has 0 aliphatic heterocycles. The van der Waals surface area contributed by atoms with Crippen molar-refractivity contribution in [2.45, 2.75) is 18.9 Å². The van der Waals surface area contributed by atoms with E-state index in [4.69, 9.17) is 0 Å². The third-order valence-corrected chi connectivity index (χ3v) is 4.09. The third-order valence-electron chi connectivity index (χ3n) is 3.44. The Balaban J connectivity index is 1.84. The van der Waals surface area contributed by atoms with Gasteiger partial charge in [0.05, 0.1) is 10.5 Å². The molecule has 19 heavy (non-hydrogen) atoms. The number of hydrogen-bond acceptors (Lipinski definition) is 1. The highest BCUT2D eigenvalue weighted by atomic mass is 79.9. The van der Waals surface area contributed by atoms with Crippen molar-refractivity contribution in [3.05, 3.63) is 63.6 Å². The van der Waals surface area contributed by atoms with Crippen molar-refractivity contribution in [2.75, 3.05) is 5.32 Å². The molecule has 0 saturated carbocycles. The van der Waals surface area contributed by atoms with Crippen molar-refractivity contribution in [3.63, 3.8) is 0 Å². The van der Waals surface area contributed by atoms with Crippen molar-refractivity contribution in [2.24, 2.45) is 0 Å². The summed E-state index contributed by atoms with van der Waals surface area (Å²) in [5.41, 5.74) is 2.88. The molecular formula is C15H12BrF2N. The number of benzene rings is 2. The van der Waals surface area contributed by atoms with Gasteiger partial charge in [0.15, 0.2) is 0 Å². The molecule has 4 heteroatoms. The van der Waals surface area contributed by atoms with Gasteiger partial charge in [-0.25, -0.2) is 8.78 Å². The maximum absolute atomic E-state index is 13.5. The van der Waals surface area contributed by atoms with Gasteiger partial charge in [0.25, 0.3) is 0 Å². The van der Waals surface area contributed by atoms with Gasteiger partial charge in [0, 0.05) is 5.69 Å². The van der Waals surface area contributed by atoms with Crippen LogP contribution in [0.4, 0.5) is 14.5 Å². The number of aryl methyl sites for hydroxylation is 1. The van der Waals surface area contributed by atoms with Crippen LogP contribution in [0.2, 0.25) is 0 Å². The number of nitrogens with one attached hydrogen (secondary N) is 1. The Bertz CT molecular complexity index is 628. The van der Waals surface area contributed by atoms with Crippen molar-refractivity contribution < 1.29 is 8.78 Å². The molecule has 2 aromatic rings. The number of hydrogen-bond donors (Lipinski definition) is 1. The Kier molecular flexibility index (Phi) is 3.27. The van der Waals surface area contributed by atoms with Gasteiger partial charge >= 0.3 is 0 Å². The minimum Gasteiger partial charge on any atom is -0.378 e. The lowest BCUT2D eigenvalue weighted by atomic mass is 10.1. The molecule has 0 amide bonds. The average Bonchev–Trinajstić information content (AvgIpc) is 2.76. The highest BCUT2D eigenvalue weighted by molar-refractivity contribution is 9.10. The van der Waals surface area contributed by atoms with E-state index in [0.717, 1.165) is 29.7 Å². The summed E-state index contributed by atoms with van der Waals surface area (Å²) in [5, 5.41) is 3.30. The van der Waals surface area contributed by atoms with Crippen molar-refractivity contribution >= 4 is 21.6 Å². The van der Waals surface area contributed by atoms with Crippen LogP contribution in [0, 0.1) is 11.6 Å². The van der Waals surface area contributed by atoms with Crippen LogP contribution in [0.3, 0.4) is 0 Å². The van der Waals surface area contributed by atoms with E-state index >= 15 is 0 Å². The van der Waals surface area contributed by atoms with Gasteiger partial charge in [-0.05, 0) is 70.2 Å². The first-order valence-corrected chi connectivity index (χ1v) is 6.93. The zero-order valence-corrected chi connectivity index (χ0v) is 11.7. The van der Waals surface area contributed by atoms with Crippen LogP contribution < -0.4 is 5.32 Å². The molecule has 1 aliphatic rings. The summed E-state index contributed by atoms with van der Waals surface area (Å²) >= 11 is 3.13. The van der Waals surface area contributed by atoms with E-state index in [1.807, 2.05) is 12.1 Å². The molecular weight excluding hydrogens is 312 g/mol. The molecule has 0 spiro atoms. The van der Waals surface area contributed by atoms with Gasteiger partial charge in [0.2, 0.25) is 0 Å². The van der Waals surface area contributed by atoms with E-state index in [2.05, 4.69) is 21.2 Å². The smallest absolute Gasteiger partial charge is 0.139 e. The molecule has 0 saturated heterocycles. The van der Waals surface area contributed by atoms with E-state index in [-0.39, 0.29) is 17.7 Å². The first kappa shape index (κ1) is 12.6. The fourth-order valence-electron chi connectivity index (χ4n) is 2.52. The zero-order chi connectivity index (χ0) is 13.4. The van der Waals surface area contributed by atoms with Crippen molar-refractivity contribution in [3.8, 4) is 0 Å². The van der Waals surface area contributed by atoms with E-state index in [0.29, 0.717) is 4.47 Å². The Morgan fingerprint density at radius 2 is 1.95 bits per heavy atom.